The summed E-state index contributed by atoms with van der Waals surface area (Å²) in [5, 5.41) is 0. The Balaban J connectivity index is 1.67. The lowest BCUT2D eigenvalue weighted by atomic mass is 10.1. The summed E-state index contributed by atoms with van der Waals surface area (Å²) in [6, 6.07) is 6.30. The van der Waals surface area contributed by atoms with Gasteiger partial charge in [-0.05, 0) is 56.0 Å². The molecule has 0 N–H and O–H groups in total. The SMILES string of the molecule is COc1cc(-c2nc3c(n2C)C=CCC3)cc(-c2nc3c(n2C)C=CCC3)c1. The Morgan fingerprint density at radius 3 is 1.71 bits per heavy atom. The number of imidazole rings is 2. The van der Waals surface area contributed by atoms with Gasteiger partial charge in [0.1, 0.15) is 17.4 Å². The quantitative estimate of drug-likeness (QED) is 0.684. The van der Waals surface area contributed by atoms with E-state index in [1.54, 1.807) is 7.11 Å². The van der Waals surface area contributed by atoms with Crippen molar-refractivity contribution >= 4 is 12.2 Å². The molecule has 0 saturated heterocycles. The zero-order valence-corrected chi connectivity index (χ0v) is 16.6. The molecule has 2 heterocycles. The highest BCUT2D eigenvalue weighted by Gasteiger charge is 2.20. The van der Waals surface area contributed by atoms with E-state index in [2.05, 4.69) is 65.7 Å². The number of nitrogens with zero attached hydrogens (tertiary/aromatic N) is 4. The maximum absolute atomic E-state index is 5.62. The molecule has 0 spiro atoms. The van der Waals surface area contributed by atoms with Gasteiger partial charge in [-0.25, -0.2) is 9.97 Å². The van der Waals surface area contributed by atoms with E-state index in [1.807, 2.05) is 0 Å². The Morgan fingerprint density at radius 2 is 1.29 bits per heavy atom. The van der Waals surface area contributed by atoms with Gasteiger partial charge >= 0.3 is 0 Å². The minimum absolute atomic E-state index is 0.820. The number of ether oxygens (including phenoxy) is 1. The van der Waals surface area contributed by atoms with Crippen LogP contribution in [-0.4, -0.2) is 26.2 Å². The van der Waals surface area contributed by atoms with Gasteiger partial charge in [0.05, 0.1) is 29.9 Å². The Kier molecular flexibility index (Phi) is 3.97. The van der Waals surface area contributed by atoms with Gasteiger partial charge in [0.25, 0.3) is 0 Å². The van der Waals surface area contributed by atoms with Crippen LogP contribution < -0.4 is 4.74 Å². The first kappa shape index (κ1) is 17.0. The van der Waals surface area contributed by atoms with Crippen LogP contribution >= 0.6 is 0 Å². The van der Waals surface area contributed by atoms with Crippen molar-refractivity contribution in [2.24, 2.45) is 14.1 Å². The highest BCUT2D eigenvalue weighted by atomic mass is 16.5. The molecule has 28 heavy (non-hydrogen) atoms. The molecule has 3 aromatic rings. The average molecular weight is 372 g/mol. The molecule has 2 aliphatic rings. The fourth-order valence-corrected chi connectivity index (χ4v) is 4.24. The van der Waals surface area contributed by atoms with Crippen LogP contribution in [-0.2, 0) is 26.9 Å². The number of hydrogen-bond acceptors (Lipinski definition) is 3. The first-order chi connectivity index (χ1) is 13.7. The molecule has 0 aliphatic heterocycles. The van der Waals surface area contributed by atoms with Crippen LogP contribution in [0, 0.1) is 0 Å². The minimum atomic E-state index is 0.820. The number of allylic oxidation sites excluding steroid dienone is 2. The first-order valence-electron chi connectivity index (χ1n) is 9.80. The van der Waals surface area contributed by atoms with Crippen molar-refractivity contribution in [2.45, 2.75) is 25.7 Å². The van der Waals surface area contributed by atoms with E-state index in [0.717, 1.165) is 54.2 Å². The van der Waals surface area contributed by atoms with Crippen molar-refractivity contribution in [2.75, 3.05) is 7.11 Å². The molecular weight excluding hydrogens is 348 g/mol. The number of aromatic nitrogens is 4. The third kappa shape index (κ3) is 2.61. The molecule has 0 fully saturated rings. The number of fused-ring (bicyclic) bond motifs is 2. The van der Waals surface area contributed by atoms with E-state index in [4.69, 9.17) is 14.7 Å². The van der Waals surface area contributed by atoms with Crippen molar-refractivity contribution in [3.63, 3.8) is 0 Å². The molecule has 1 aromatic carbocycles. The van der Waals surface area contributed by atoms with Crippen LogP contribution in [0.25, 0.3) is 34.9 Å². The number of hydrogen-bond donors (Lipinski definition) is 0. The smallest absolute Gasteiger partial charge is 0.140 e. The van der Waals surface area contributed by atoms with E-state index < -0.39 is 0 Å². The normalized spacial score (nSPS) is 14.8. The first-order valence-corrected chi connectivity index (χ1v) is 9.80. The fraction of sp³-hybridized carbons (Fsp3) is 0.304. The van der Waals surface area contributed by atoms with E-state index in [1.165, 1.54) is 22.8 Å². The Bertz CT molecular complexity index is 1050. The van der Waals surface area contributed by atoms with E-state index in [-0.39, 0.29) is 0 Å². The summed E-state index contributed by atoms with van der Waals surface area (Å²) in [5.74, 6) is 2.76. The van der Waals surface area contributed by atoms with Crippen molar-refractivity contribution in [1.82, 2.24) is 19.1 Å². The summed E-state index contributed by atoms with van der Waals surface area (Å²) in [5.41, 5.74) is 6.84. The molecule has 2 aromatic heterocycles. The highest BCUT2D eigenvalue weighted by molar-refractivity contribution is 5.72. The predicted octanol–water partition coefficient (Wildman–Crippen LogP) is 4.42. The van der Waals surface area contributed by atoms with Crippen LogP contribution in [0.5, 0.6) is 5.75 Å². The Labute approximate surface area is 165 Å². The van der Waals surface area contributed by atoms with E-state index >= 15 is 0 Å². The molecule has 0 amide bonds. The monoisotopic (exact) mass is 372 g/mol. The summed E-state index contributed by atoms with van der Waals surface area (Å²) in [6.45, 7) is 0. The van der Waals surface area contributed by atoms with Gasteiger partial charge < -0.3 is 13.9 Å². The lowest BCUT2D eigenvalue weighted by Gasteiger charge is -2.11. The van der Waals surface area contributed by atoms with Crippen LogP contribution in [0.1, 0.15) is 35.6 Å². The number of rotatable bonds is 3. The zero-order valence-electron chi connectivity index (χ0n) is 16.6. The van der Waals surface area contributed by atoms with Crippen LogP contribution in [0.4, 0.5) is 0 Å². The van der Waals surface area contributed by atoms with Gasteiger partial charge in [-0.15, -0.1) is 0 Å². The van der Waals surface area contributed by atoms with E-state index in [0.29, 0.717) is 0 Å². The number of aryl methyl sites for hydroxylation is 2. The maximum atomic E-state index is 5.62. The maximum Gasteiger partial charge on any atom is 0.140 e. The Morgan fingerprint density at radius 1 is 0.786 bits per heavy atom. The highest BCUT2D eigenvalue weighted by Crippen LogP contribution is 2.34. The molecule has 5 rings (SSSR count). The molecule has 5 heteroatoms. The lowest BCUT2D eigenvalue weighted by Crippen LogP contribution is -1.99. The summed E-state index contributed by atoms with van der Waals surface area (Å²) < 4.78 is 9.97. The summed E-state index contributed by atoms with van der Waals surface area (Å²) in [6.07, 6.45) is 12.9. The van der Waals surface area contributed by atoms with Crippen molar-refractivity contribution in [3.8, 4) is 28.5 Å². The van der Waals surface area contributed by atoms with Gasteiger partial charge in [0, 0.05) is 25.2 Å². The minimum Gasteiger partial charge on any atom is -0.497 e. The van der Waals surface area contributed by atoms with Gasteiger partial charge in [-0.2, -0.15) is 0 Å². The van der Waals surface area contributed by atoms with Crippen LogP contribution in [0.15, 0.2) is 30.4 Å². The standard InChI is InChI=1S/C23H24N4O/c1-26-20-10-6-4-8-18(20)24-22(26)15-12-16(14-17(13-15)28-3)23-25-19-9-5-7-11-21(19)27(23)2/h6-7,10-14H,4-5,8-9H2,1-3H3. The fourth-order valence-electron chi connectivity index (χ4n) is 4.24. The number of benzene rings is 1. The van der Waals surface area contributed by atoms with Gasteiger partial charge in [-0.1, -0.05) is 12.2 Å². The largest absolute Gasteiger partial charge is 0.497 e. The molecule has 0 unspecified atom stereocenters. The van der Waals surface area contributed by atoms with Crippen molar-refractivity contribution in [3.05, 3.63) is 53.1 Å². The summed E-state index contributed by atoms with van der Waals surface area (Å²) in [4.78, 5) is 9.87. The van der Waals surface area contributed by atoms with Crippen LogP contribution in [0.3, 0.4) is 0 Å². The van der Waals surface area contributed by atoms with Crippen molar-refractivity contribution < 1.29 is 4.74 Å². The average Bonchev–Trinajstić information content (AvgIpc) is 3.25. The molecule has 0 bridgehead atoms. The predicted molar refractivity (Wildman–Crippen MR) is 112 cm³/mol. The van der Waals surface area contributed by atoms with Gasteiger partial charge in [-0.3, -0.25) is 0 Å². The van der Waals surface area contributed by atoms with Gasteiger partial charge in [0.2, 0.25) is 0 Å². The summed E-state index contributed by atoms with van der Waals surface area (Å²) >= 11 is 0. The molecule has 142 valence electrons. The Hall–Kier alpha value is -3.08. The second-order valence-electron chi connectivity index (χ2n) is 7.49. The third-order valence-corrected chi connectivity index (χ3v) is 5.74. The van der Waals surface area contributed by atoms with Gasteiger partial charge in [0.15, 0.2) is 0 Å². The third-order valence-electron chi connectivity index (χ3n) is 5.74. The second-order valence-corrected chi connectivity index (χ2v) is 7.49. The molecule has 5 nitrogen and oxygen atoms in total. The van der Waals surface area contributed by atoms with Crippen LogP contribution in [0.2, 0.25) is 0 Å². The van der Waals surface area contributed by atoms with E-state index in [9.17, 15) is 0 Å². The topological polar surface area (TPSA) is 44.9 Å². The molecule has 2 aliphatic carbocycles. The molecule has 0 saturated carbocycles. The number of methoxy groups -OCH3 is 1. The van der Waals surface area contributed by atoms with Crippen molar-refractivity contribution in [1.29, 1.82) is 0 Å². The summed E-state index contributed by atoms with van der Waals surface area (Å²) in [7, 11) is 5.88. The molecular formula is C23H24N4O. The lowest BCUT2D eigenvalue weighted by molar-refractivity contribution is 0.415. The zero-order chi connectivity index (χ0) is 19.3. The molecule has 0 radical (unpaired) electrons. The second kappa shape index (κ2) is 6.51. The molecule has 0 atom stereocenters.